The molecule has 20 heavy (non-hydrogen) atoms. The summed E-state index contributed by atoms with van der Waals surface area (Å²) >= 11 is 5.30. The van der Waals surface area contributed by atoms with Crippen molar-refractivity contribution in [3.8, 4) is 0 Å². The van der Waals surface area contributed by atoms with Gasteiger partial charge in [-0.1, -0.05) is 29.5 Å². The molecule has 0 radical (unpaired) electrons. The van der Waals surface area contributed by atoms with E-state index in [1.807, 2.05) is 18.3 Å². The maximum atomic E-state index is 4.70. The van der Waals surface area contributed by atoms with Gasteiger partial charge in [-0.3, -0.25) is 0 Å². The van der Waals surface area contributed by atoms with Crippen molar-refractivity contribution in [2.75, 3.05) is 18.0 Å². The number of pyridine rings is 1. The minimum Gasteiger partial charge on any atom is -0.347 e. The summed E-state index contributed by atoms with van der Waals surface area (Å²) in [4.78, 5) is 11.3. The molecule has 0 atom stereocenters. The molecule has 2 aromatic heterocycles. The number of hydrogen-bond acceptors (Lipinski definition) is 4. The lowest BCUT2D eigenvalue weighted by Crippen LogP contribution is -2.45. The van der Waals surface area contributed by atoms with Gasteiger partial charge in [-0.05, 0) is 39.7 Å². The van der Waals surface area contributed by atoms with E-state index < -0.39 is 0 Å². The molecular weight excluding hydrogens is 334 g/mol. The predicted octanol–water partition coefficient (Wildman–Crippen LogP) is 4.06. The SMILES string of the molecule is Brc1ncccc1C1CN(c2nc3ccccc3s2)C1. The van der Waals surface area contributed by atoms with Crippen molar-refractivity contribution >= 4 is 42.6 Å². The maximum absolute atomic E-state index is 4.70. The zero-order valence-electron chi connectivity index (χ0n) is 10.7. The largest absolute Gasteiger partial charge is 0.347 e. The van der Waals surface area contributed by atoms with Gasteiger partial charge in [0.05, 0.1) is 10.2 Å². The number of para-hydroxylation sites is 1. The number of nitrogens with zero attached hydrogens (tertiary/aromatic N) is 3. The van der Waals surface area contributed by atoms with Gasteiger partial charge in [0.1, 0.15) is 4.60 Å². The van der Waals surface area contributed by atoms with Gasteiger partial charge in [0.25, 0.3) is 0 Å². The van der Waals surface area contributed by atoms with Crippen LogP contribution in [0.4, 0.5) is 5.13 Å². The third-order valence-electron chi connectivity index (χ3n) is 3.66. The molecule has 1 aliphatic rings. The van der Waals surface area contributed by atoms with Gasteiger partial charge in [0.2, 0.25) is 0 Å². The molecule has 0 bridgehead atoms. The van der Waals surface area contributed by atoms with Crippen LogP contribution in [0.15, 0.2) is 47.2 Å². The molecule has 5 heteroatoms. The Labute approximate surface area is 129 Å². The molecule has 0 unspecified atom stereocenters. The van der Waals surface area contributed by atoms with Gasteiger partial charge >= 0.3 is 0 Å². The van der Waals surface area contributed by atoms with Crippen molar-refractivity contribution in [1.29, 1.82) is 0 Å². The van der Waals surface area contributed by atoms with E-state index in [0.29, 0.717) is 5.92 Å². The van der Waals surface area contributed by atoms with Crippen LogP contribution in [0, 0.1) is 0 Å². The molecule has 3 heterocycles. The average Bonchev–Trinajstić information content (AvgIpc) is 2.82. The molecule has 0 N–H and O–H groups in total. The van der Waals surface area contributed by atoms with Crippen molar-refractivity contribution in [2.24, 2.45) is 0 Å². The molecule has 3 aromatic rings. The van der Waals surface area contributed by atoms with Crippen LogP contribution in [-0.4, -0.2) is 23.1 Å². The van der Waals surface area contributed by atoms with Crippen molar-refractivity contribution in [1.82, 2.24) is 9.97 Å². The van der Waals surface area contributed by atoms with Crippen LogP contribution in [0.25, 0.3) is 10.2 Å². The van der Waals surface area contributed by atoms with E-state index in [-0.39, 0.29) is 0 Å². The molecule has 1 aliphatic heterocycles. The quantitative estimate of drug-likeness (QED) is 0.656. The van der Waals surface area contributed by atoms with E-state index in [9.17, 15) is 0 Å². The lowest BCUT2D eigenvalue weighted by molar-refractivity contribution is 0.521. The lowest BCUT2D eigenvalue weighted by atomic mass is 9.93. The number of aromatic nitrogens is 2. The van der Waals surface area contributed by atoms with E-state index in [1.165, 1.54) is 10.3 Å². The summed E-state index contributed by atoms with van der Waals surface area (Å²) in [6.45, 7) is 2.04. The summed E-state index contributed by atoms with van der Waals surface area (Å²) < 4.78 is 2.22. The lowest BCUT2D eigenvalue weighted by Gasteiger charge is -2.39. The molecule has 0 saturated carbocycles. The number of benzene rings is 1. The van der Waals surface area contributed by atoms with Crippen molar-refractivity contribution in [3.63, 3.8) is 0 Å². The number of rotatable bonds is 2. The van der Waals surface area contributed by atoms with E-state index in [2.05, 4.69) is 50.1 Å². The van der Waals surface area contributed by atoms with Crippen molar-refractivity contribution < 1.29 is 0 Å². The first-order valence-corrected chi connectivity index (χ1v) is 8.13. The Kier molecular flexibility index (Phi) is 2.97. The third-order valence-corrected chi connectivity index (χ3v) is 5.42. The Bertz CT molecular complexity index is 731. The zero-order valence-corrected chi connectivity index (χ0v) is 13.1. The van der Waals surface area contributed by atoms with E-state index in [4.69, 9.17) is 4.98 Å². The first-order valence-electron chi connectivity index (χ1n) is 6.52. The fourth-order valence-electron chi connectivity index (χ4n) is 2.53. The van der Waals surface area contributed by atoms with Crippen LogP contribution >= 0.6 is 27.3 Å². The second kappa shape index (κ2) is 4.82. The monoisotopic (exact) mass is 345 g/mol. The molecule has 1 fully saturated rings. The van der Waals surface area contributed by atoms with E-state index >= 15 is 0 Å². The molecule has 100 valence electrons. The molecule has 0 aliphatic carbocycles. The van der Waals surface area contributed by atoms with Crippen LogP contribution in [-0.2, 0) is 0 Å². The Morgan fingerprint density at radius 1 is 1.15 bits per heavy atom. The van der Waals surface area contributed by atoms with E-state index in [0.717, 1.165) is 28.3 Å². The normalized spacial score (nSPS) is 15.6. The topological polar surface area (TPSA) is 29.0 Å². The van der Waals surface area contributed by atoms with Crippen LogP contribution in [0.3, 0.4) is 0 Å². The molecular formula is C15H12BrN3S. The second-order valence-electron chi connectivity index (χ2n) is 4.95. The smallest absolute Gasteiger partial charge is 0.186 e. The highest BCUT2D eigenvalue weighted by Crippen LogP contribution is 2.37. The summed E-state index contributed by atoms with van der Waals surface area (Å²) in [5, 5.41) is 1.13. The number of fused-ring (bicyclic) bond motifs is 1. The van der Waals surface area contributed by atoms with Crippen molar-refractivity contribution in [2.45, 2.75) is 5.92 Å². The third kappa shape index (κ3) is 2.01. The molecule has 1 saturated heterocycles. The van der Waals surface area contributed by atoms with Gasteiger partial charge < -0.3 is 4.90 Å². The Balaban J connectivity index is 1.55. The van der Waals surface area contributed by atoms with Crippen LogP contribution in [0.5, 0.6) is 0 Å². The van der Waals surface area contributed by atoms with Gasteiger partial charge in [-0.25, -0.2) is 9.97 Å². The van der Waals surface area contributed by atoms with Crippen LogP contribution < -0.4 is 4.90 Å². The first kappa shape index (κ1) is 12.3. The van der Waals surface area contributed by atoms with Gasteiger partial charge in [0, 0.05) is 25.2 Å². The summed E-state index contributed by atoms with van der Waals surface area (Å²) in [5.74, 6) is 0.546. The number of thiazole rings is 1. The summed E-state index contributed by atoms with van der Waals surface area (Å²) in [6, 6.07) is 12.5. The number of halogens is 1. The number of hydrogen-bond donors (Lipinski definition) is 0. The Morgan fingerprint density at radius 2 is 2.00 bits per heavy atom. The molecule has 1 aromatic carbocycles. The first-order chi connectivity index (χ1) is 9.81. The molecule has 0 amide bonds. The Hall–Kier alpha value is -1.46. The maximum Gasteiger partial charge on any atom is 0.186 e. The highest BCUT2D eigenvalue weighted by Gasteiger charge is 2.31. The highest BCUT2D eigenvalue weighted by molar-refractivity contribution is 9.10. The molecule has 3 nitrogen and oxygen atoms in total. The summed E-state index contributed by atoms with van der Waals surface area (Å²) in [7, 11) is 0. The highest BCUT2D eigenvalue weighted by atomic mass is 79.9. The standard InChI is InChI=1S/C15H12BrN3S/c16-14-11(4-3-7-17-14)10-8-19(9-10)15-18-12-5-1-2-6-13(12)20-15/h1-7,10H,8-9H2. The van der Waals surface area contributed by atoms with Gasteiger partial charge in [-0.15, -0.1) is 0 Å². The predicted molar refractivity (Wildman–Crippen MR) is 86.5 cm³/mol. The summed E-state index contributed by atoms with van der Waals surface area (Å²) in [6.07, 6.45) is 1.82. The van der Waals surface area contributed by atoms with Crippen LogP contribution in [0.2, 0.25) is 0 Å². The fourth-order valence-corrected chi connectivity index (χ4v) is 4.09. The molecule has 0 spiro atoms. The average molecular weight is 346 g/mol. The van der Waals surface area contributed by atoms with Gasteiger partial charge in [0.15, 0.2) is 5.13 Å². The van der Waals surface area contributed by atoms with Gasteiger partial charge in [-0.2, -0.15) is 0 Å². The fraction of sp³-hybridized carbons (Fsp3) is 0.200. The minimum atomic E-state index is 0.546. The van der Waals surface area contributed by atoms with Crippen molar-refractivity contribution in [3.05, 3.63) is 52.8 Å². The second-order valence-corrected chi connectivity index (χ2v) is 6.71. The van der Waals surface area contributed by atoms with Crippen LogP contribution in [0.1, 0.15) is 11.5 Å². The minimum absolute atomic E-state index is 0.546. The molecule has 4 rings (SSSR count). The zero-order chi connectivity index (χ0) is 13.5. The van der Waals surface area contributed by atoms with E-state index in [1.54, 1.807) is 11.3 Å². The summed E-state index contributed by atoms with van der Waals surface area (Å²) in [5.41, 5.74) is 2.39. The Morgan fingerprint density at radius 3 is 2.80 bits per heavy atom. The number of anilines is 1.